The Morgan fingerprint density at radius 2 is 2.24 bits per heavy atom. The average molecular weight is 254 g/mol. The lowest BCUT2D eigenvalue weighted by atomic mass is 10.2. The lowest BCUT2D eigenvalue weighted by molar-refractivity contribution is -0.118. The lowest BCUT2D eigenvalue weighted by Gasteiger charge is -2.32. The van der Waals surface area contributed by atoms with Gasteiger partial charge in [-0.2, -0.15) is 0 Å². The molecular formula is C11H18N4OS. The maximum Gasteiger partial charge on any atom is 0.209 e. The standard InChI is InChI=1S/C11H18N4OS/c1-9(12)6-10-7-17-11(13-10)15-4-2-14(8-16)3-5-15/h7-9H,2-6,12H2,1H3. The van der Waals surface area contributed by atoms with E-state index < -0.39 is 0 Å². The van der Waals surface area contributed by atoms with Gasteiger partial charge in [0.15, 0.2) is 5.13 Å². The first-order valence-corrected chi connectivity index (χ1v) is 6.71. The van der Waals surface area contributed by atoms with E-state index in [4.69, 9.17) is 5.73 Å². The molecule has 1 atom stereocenters. The highest BCUT2D eigenvalue weighted by molar-refractivity contribution is 7.13. The molecule has 1 fully saturated rings. The van der Waals surface area contributed by atoms with Gasteiger partial charge in [0.2, 0.25) is 6.41 Å². The summed E-state index contributed by atoms with van der Waals surface area (Å²) in [6.07, 6.45) is 1.74. The molecule has 6 heteroatoms. The van der Waals surface area contributed by atoms with Crippen LogP contribution in [0.15, 0.2) is 5.38 Å². The molecule has 1 aliphatic rings. The summed E-state index contributed by atoms with van der Waals surface area (Å²) in [6.45, 7) is 5.28. The normalized spacial score (nSPS) is 18.2. The number of rotatable bonds is 4. The van der Waals surface area contributed by atoms with E-state index in [-0.39, 0.29) is 6.04 Å². The van der Waals surface area contributed by atoms with E-state index in [1.165, 1.54) is 0 Å². The predicted molar refractivity (Wildman–Crippen MR) is 69.3 cm³/mol. The van der Waals surface area contributed by atoms with Gasteiger partial charge in [0.1, 0.15) is 0 Å². The number of carbonyl (C=O) groups is 1. The Bertz CT molecular complexity index is 371. The van der Waals surface area contributed by atoms with Crippen molar-refractivity contribution < 1.29 is 4.79 Å². The Morgan fingerprint density at radius 1 is 1.53 bits per heavy atom. The van der Waals surface area contributed by atoms with Gasteiger partial charge in [-0.25, -0.2) is 4.98 Å². The van der Waals surface area contributed by atoms with Crippen molar-refractivity contribution in [2.75, 3.05) is 31.1 Å². The highest BCUT2D eigenvalue weighted by Gasteiger charge is 2.18. The Kier molecular flexibility index (Phi) is 3.96. The largest absolute Gasteiger partial charge is 0.345 e. The Morgan fingerprint density at radius 3 is 2.82 bits per heavy atom. The molecule has 0 spiro atoms. The summed E-state index contributed by atoms with van der Waals surface area (Å²) in [5.41, 5.74) is 6.82. The van der Waals surface area contributed by atoms with E-state index in [0.29, 0.717) is 0 Å². The van der Waals surface area contributed by atoms with E-state index in [2.05, 4.69) is 15.3 Å². The van der Waals surface area contributed by atoms with Crippen molar-refractivity contribution in [3.05, 3.63) is 11.1 Å². The maximum absolute atomic E-state index is 10.6. The van der Waals surface area contributed by atoms with Crippen molar-refractivity contribution >= 4 is 22.9 Å². The van der Waals surface area contributed by atoms with Crippen molar-refractivity contribution in [1.82, 2.24) is 9.88 Å². The lowest BCUT2D eigenvalue weighted by Crippen LogP contribution is -2.45. The van der Waals surface area contributed by atoms with Crippen LogP contribution in [0.1, 0.15) is 12.6 Å². The molecule has 5 nitrogen and oxygen atoms in total. The minimum Gasteiger partial charge on any atom is -0.345 e. The monoisotopic (exact) mass is 254 g/mol. The molecule has 1 saturated heterocycles. The Balaban J connectivity index is 1.94. The average Bonchev–Trinajstić information content (AvgIpc) is 2.77. The van der Waals surface area contributed by atoms with Gasteiger partial charge >= 0.3 is 0 Å². The number of nitrogens with two attached hydrogens (primary N) is 1. The summed E-state index contributed by atoms with van der Waals surface area (Å²) in [6, 6.07) is 0.150. The van der Waals surface area contributed by atoms with Crippen LogP contribution in [-0.4, -0.2) is 48.5 Å². The summed E-state index contributed by atoms with van der Waals surface area (Å²) in [4.78, 5) is 19.2. The molecule has 0 saturated carbocycles. The number of piperazine rings is 1. The molecule has 0 aromatic carbocycles. The third-order valence-corrected chi connectivity index (χ3v) is 3.75. The molecule has 1 amide bonds. The number of anilines is 1. The topological polar surface area (TPSA) is 62.5 Å². The number of hydrogen-bond donors (Lipinski definition) is 1. The first-order valence-electron chi connectivity index (χ1n) is 5.83. The molecule has 2 rings (SSSR count). The summed E-state index contributed by atoms with van der Waals surface area (Å²) < 4.78 is 0. The van der Waals surface area contributed by atoms with Crippen LogP contribution in [0.2, 0.25) is 0 Å². The van der Waals surface area contributed by atoms with Crippen LogP contribution >= 0.6 is 11.3 Å². The number of hydrogen-bond acceptors (Lipinski definition) is 5. The van der Waals surface area contributed by atoms with Crippen molar-refractivity contribution in [2.45, 2.75) is 19.4 Å². The molecule has 94 valence electrons. The molecular weight excluding hydrogens is 236 g/mol. The van der Waals surface area contributed by atoms with E-state index in [9.17, 15) is 4.79 Å². The molecule has 2 N–H and O–H groups in total. The molecule has 1 aromatic rings. The van der Waals surface area contributed by atoms with Gasteiger partial charge in [-0.05, 0) is 6.92 Å². The SMILES string of the molecule is CC(N)Cc1csc(N2CCN(C=O)CC2)n1. The molecule has 0 bridgehead atoms. The number of thiazole rings is 1. The van der Waals surface area contributed by atoms with Crippen LogP contribution < -0.4 is 10.6 Å². The van der Waals surface area contributed by atoms with Crippen molar-refractivity contribution in [2.24, 2.45) is 5.73 Å². The van der Waals surface area contributed by atoms with Gasteiger partial charge in [0.25, 0.3) is 0 Å². The summed E-state index contributed by atoms with van der Waals surface area (Å²) in [7, 11) is 0. The van der Waals surface area contributed by atoms with Crippen molar-refractivity contribution in [3.63, 3.8) is 0 Å². The van der Waals surface area contributed by atoms with Gasteiger partial charge in [-0.15, -0.1) is 11.3 Å². The maximum atomic E-state index is 10.6. The second-order valence-corrected chi connectivity index (χ2v) is 5.27. The fourth-order valence-electron chi connectivity index (χ4n) is 1.88. The number of aromatic nitrogens is 1. The zero-order chi connectivity index (χ0) is 12.3. The Labute approximate surface area is 105 Å². The van der Waals surface area contributed by atoms with Gasteiger partial charge < -0.3 is 15.5 Å². The first-order chi connectivity index (χ1) is 8.19. The molecule has 1 aromatic heterocycles. The molecule has 1 aliphatic heterocycles. The smallest absolute Gasteiger partial charge is 0.209 e. The molecule has 1 unspecified atom stereocenters. The highest BCUT2D eigenvalue weighted by Crippen LogP contribution is 2.22. The fourth-order valence-corrected chi connectivity index (χ4v) is 2.78. The first kappa shape index (κ1) is 12.3. The third kappa shape index (κ3) is 3.17. The molecule has 0 aliphatic carbocycles. The zero-order valence-corrected chi connectivity index (χ0v) is 10.8. The van der Waals surface area contributed by atoms with Crippen LogP contribution in [0.4, 0.5) is 5.13 Å². The zero-order valence-electron chi connectivity index (χ0n) is 10.0. The van der Waals surface area contributed by atoms with E-state index in [1.54, 1.807) is 16.2 Å². The van der Waals surface area contributed by atoms with Crippen molar-refractivity contribution in [1.29, 1.82) is 0 Å². The van der Waals surface area contributed by atoms with Gasteiger partial charge in [-0.3, -0.25) is 4.79 Å². The minimum absolute atomic E-state index is 0.150. The van der Waals surface area contributed by atoms with Crippen LogP contribution in [0.5, 0.6) is 0 Å². The predicted octanol–water partition coefficient (Wildman–Crippen LogP) is 0.311. The van der Waals surface area contributed by atoms with E-state index in [1.807, 2.05) is 6.92 Å². The third-order valence-electron chi connectivity index (χ3n) is 2.80. The number of amides is 1. The fraction of sp³-hybridized carbons (Fsp3) is 0.636. The molecule has 2 heterocycles. The Hall–Kier alpha value is -1.14. The number of carbonyl (C=O) groups excluding carboxylic acids is 1. The summed E-state index contributed by atoms with van der Waals surface area (Å²) in [5, 5.41) is 3.12. The van der Waals surface area contributed by atoms with Gasteiger partial charge in [-0.1, -0.05) is 0 Å². The highest BCUT2D eigenvalue weighted by atomic mass is 32.1. The van der Waals surface area contributed by atoms with Gasteiger partial charge in [0, 0.05) is 44.0 Å². The quantitative estimate of drug-likeness (QED) is 0.786. The number of nitrogens with zero attached hydrogens (tertiary/aromatic N) is 3. The molecule has 0 radical (unpaired) electrons. The van der Waals surface area contributed by atoms with Gasteiger partial charge in [0.05, 0.1) is 5.69 Å². The van der Waals surface area contributed by atoms with E-state index in [0.717, 1.165) is 49.8 Å². The van der Waals surface area contributed by atoms with Crippen molar-refractivity contribution in [3.8, 4) is 0 Å². The second-order valence-electron chi connectivity index (χ2n) is 4.43. The van der Waals surface area contributed by atoms with Crippen LogP contribution in [-0.2, 0) is 11.2 Å². The second kappa shape index (κ2) is 5.46. The van der Waals surface area contributed by atoms with Crippen LogP contribution in [0.3, 0.4) is 0 Å². The van der Waals surface area contributed by atoms with Crippen LogP contribution in [0, 0.1) is 0 Å². The summed E-state index contributed by atoms with van der Waals surface area (Å²) in [5.74, 6) is 0. The molecule has 17 heavy (non-hydrogen) atoms. The minimum atomic E-state index is 0.150. The van der Waals surface area contributed by atoms with E-state index >= 15 is 0 Å². The summed E-state index contributed by atoms with van der Waals surface area (Å²) >= 11 is 1.66. The van der Waals surface area contributed by atoms with Crippen LogP contribution in [0.25, 0.3) is 0 Å².